The molecule has 0 unspecified atom stereocenters. The van der Waals surface area contributed by atoms with Crippen molar-refractivity contribution in [2.75, 3.05) is 12.0 Å². The molecule has 3 aromatic rings. The molecule has 0 aromatic heterocycles. The van der Waals surface area contributed by atoms with E-state index < -0.39 is 0 Å². The van der Waals surface area contributed by atoms with Gasteiger partial charge in [0, 0.05) is 21.2 Å². The highest BCUT2D eigenvalue weighted by molar-refractivity contribution is 9.10. The van der Waals surface area contributed by atoms with Gasteiger partial charge in [-0.2, -0.15) is 0 Å². The largest absolute Gasteiger partial charge is 0.496 e. The summed E-state index contributed by atoms with van der Waals surface area (Å²) >= 11 is 3.47. The van der Waals surface area contributed by atoms with E-state index in [1.807, 2.05) is 49.4 Å². The molecule has 5 heteroatoms. The highest BCUT2D eigenvalue weighted by Gasteiger charge is 2.35. The Hall–Kier alpha value is -3.18. The van der Waals surface area contributed by atoms with Gasteiger partial charge in [0.15, 0.2) is 0 Å². The lowest BCUT2D eigenvalue weighted by atomic mass is 9.91. The molecule has 144 valence electrons. The molecule has 0 fully saturated rings. The number of aryl methyl sites for hydroxylation is 1. The average molecular weight is 448 g/mol. The fraction of sp³-hybridized carbons (Fsp3) is 0.0833. The molecule has 0 radical (unpaired) electrons. The van der Waals surface area contributed by atoms with Crippen molar-refractivity contribution in [3.8, 4) is 5.75 Å². The topological polar surface area (TPSA) is 46.6 Å². The van der Waals surface area contributed by atoms with Gasteiger partial charge >= 0.3 is 0 Å². The van der Waals surface area contributed by atoms with Gasteiger partial charge in [0.2, 0.25) is 0 Å². The van der Waals surface area contributed by atoms with Crippen molar-refractivity contribution in [1.82, 2.24) is 0 Å². The Morgan fingerprint density at radius 1 is 0.897 bits per heavy atom. The number of hydrogen-bond acceptors (Lipinski definition) is 3. The lowest BCUT2D eigenvalue weighted by Crippen LogP contribution is -2.41. The van der Waals surface area contributed by atoms with E-state index in [1.165, 1.54) is 4.90 Å². The Labute approximate surface area is 177 Å². The summed E-state index contributed by atoms with van der Waals surface area (Å²) in [5.41, 5.74) is 3.83. The molecule has 1 aliphatic heterocycles. The van der Waals surface area contributed by atoms with Crippen LogP contribution in [0.1, 0.15) is 27.0 Å². The van der Waals surface area contributed by atoms with Gasteiger partial charge in [-0.3, -0.25) is 9.59 Å². The Balaban J connectivity index is 1.94. The van der Waals surface area contributed by atoms with Crippen molar-refractivity contribution in [2.45, 2.75) is 6.92 Å². The van der Waals surface area contributed by atoms with Gasteiger partial charge in [-0.25, -0.2) is 4.90 Å². The lowest BCUT2D eigenvalue weighted by Gasteiger charge is -2.29. The van der Waals surface area contributed by atoms with Crippen molar-refractivity contribution < 1.29 is 14.3 Å². The summed E-state index contributed by atoms with van der Waals surface area (Å²) in [4.78, 5) is 27.9. The summed E-state index contributed by atoms with van der Waals surface area (Å²) in [6.45, 7) is 1.93. The van der Waals surface area contributed by atoms with Crippen LogP contribution in [-0.4, -0.2) is 18.9 Å². The third kappa shape index (κ3) is 3.49. The van der Waals surface area contributed by atoms with Crippen LogP contribution in [0.15, 0.2) is 71.2 Å². The van der Waals surface area contributed by atoms with Crippen molar-refractivity contribution >= 4 is 45.1 Å². The molecule has 4 rings (SSSR count). The first-order chi connectivity index (χ1) is 14.0. The van der Waals surface area contributed by atoms with Crippen LogP contribution in [0, 0.1) is 6.92 Å². The molecule has 0 saturated heterocycles. The van der Waals surface area contributed by atoms with E-state index >= 15 is 0 Å². The number of carbonyl (C=O) groups excluding carboxylic acids is 2. The SMILES string of the molecule is COc1ccc(Br)cc1/C=C1/C(=O)N(c2cccc(C)c2)C(=O)c2ccccc21. The van der Waals surface area contributed by atoms with Gasteiger partial charge < -0.3 is 4.74 Å². The number of fused-ring (bicyclic) bond motifs is 1. The second-order valence-electron chi connectivity index (χ2n) is 6.77. The summed E-state index contributed by atoms with van der Waals surface area (Å²) in [5, 5.41) is 0. The number of hydrogen-bond donors (Lipinski definition) is 0. The van der Waals surface area contributed by atoms with E-state index in [0.29, 0.717) is 28.1 Å². The predicted molar refractivity (Wildman–Crippen MR) is 118 cm³/mol. The predicted octanol–water partition coefficient (Wildman–Crippen LogP) is 5.49. The lowest BCUT2D eigenvalue weighted by molar-refractivity contribution is -0.112. The number of halogens is 1. The van der Waals surface area contributed by atoms with Crippen LogP contribution in [0.25, 0.3) is 11.6 Å². The molecule has 0 spiro atoms. The van der Waals surface area contributed by atoms with E-state index in [-0.39, 0.29) is 11.8 Å². The zero-order valence-electron chi connectivity index (χ0n) is 16.0. The van der Waals surface area contributed by atoms with Crippen molar-refractivity contribution in [3.05, 3.63) is 93.5 Å². The normalized spacial score (nSPS) is 14.9. The minimum absolute atomic E-state index is 0.324. The summed E-state index contributed by atoms with van der Waals surface area (Å²) < 4.78 is 6.32. The zero-order chi connectivity index (χ0) is 20.5. The molecule has 2 amide bonds. The number of nitrogens with zero attached hydrogens (tertiary/aromatic N) is 1. The van der Waals surface area contributed by atoms with Gasteiger partial charge in [-0.15, -0.1) is 0 Å². The van der Waals surface area contributed by atoms with E-state index in [2.05, 4.69) is 15.9 Å². The van der Waals surface area contributed by atoms with E-state index in [4.69, 9.17) is 4.74 Å². The number of ether oxygens (including phenoxy) is 1. The molecule has 0 aliphatic carbocycles. The zero-order valence-corrected chi connectivity index (χ0v) is 17.6. The number of benzene rings is 3. The fourth-order valence-electron chi connectivity index (χ4n) is 3.47. The molecule has 0 atom stereocenters. The second kappa shape index (κ2) is 7.68. The fourth-order valence-corrected chi connectivity index (χ4v) is 3.85. The standard InChI is InChI=1S/C24H18BrNO3/c1-15-6-5-7-18(12-15)26-23(27)20-9-4-3-8-19(20)21(24(26)28)14-16-13-17(25)10-11-22(16)29-2/h3-14H,1-2H3/b21-14+. The summed E-state index contributed by atoms with van der Waals surface area (Å²) in [7, 11) is 1.59. The van der Waals surface area contributed by atoms with Crippen molar-refractivity contribution in [3.63, 3.8) is 0 Å². The monoisotopic (exact) mass is 447 g/mol. The van der Waals surface area contributed by atoms with Crippen LogP contribution in [0.2, 0.25) is 0 Å². The van der Waals surface area contributed by atoms with Crippen molar-refractivity contribution in [1.29, 1.82) is 0 Å². The molecule has 1 aliphatic rings. The minimum Gasteiger partial charge on any atom is -0.496 e. The smallest absolute Gasteiger partial charge is 0.265 e. The molecule has 0 saturated carbocycles. The Kier molecular flexibility index (Phi) is 5.07. The molecule has 1 heterocycles. The van der Waals surface area contributed by atoms with E-state index in [9.17, 15) is 9.59 Å². The third-order valence-corrected chi connectivity index (χ3v) is 5.33. The Morgan fingerprint density at radius 3 is 2.38 bits per heavy atom. The summed E-state index contributed by atoms with van der Waals surface area (Å²) in [5.74, 6) is -0.0409. The summed E-state index contributed by atoms with van der Waals surface area (Å²) in [6, 6.07) is 20.1. The van der Waals surface area contributed by atoms with Crippen LogP contribution < -0.4 is 9.64 Å². The molecule has 0 bridgehead atoms. The highest BCUT2D eigenvalue weighted by atomic mass is 79.9. The molecule has 29 heavy (non-hydrogen) atoms. The third-order valence-electron chi connectivity index (χ3n) is 4.84. The maximum Gasteiger partial charge on any atom is 0.265 e. The Bertz CT molecular complexity index is 1170. The number of carbonyl (C=O) groups is 2. The van der Waals surface area contributed by atoms with Crippen molar-refractivity contribution in [2.24, 2.45) is 0 Å². The first-order valence-corrected chi connectivity index (χ1v) is 9.89. The first-order valence-electron chi connectivity index (χ1n) is 9.09. The minimum atomic E-state index is -0.360. The van der Waals surface area contributed by atoms with Gasteiger partial charge in [-0.1, -0.05) is 46.3 Å². The van der Waals surface area contributed by atoms with Crippen LogP contribution >= 0.6 is 15.9 Å². The quantitative estimate of drug-likeness (QED) is 0.393. The number of imide groups is 1. The number of methoxy groups -OCH3 is 1. The average Bonchev–Trinajstić information content (AvgIpc) is 2.71. The number of rotatable bonds is 3. The Morgan fingerprint density at radius 2 is 1.66 bits per heavy atom. The summed E-state index contributed by atoms with van der Waals surface area (Å²) in [6.07, 6.45) is 1.78. The van der Waals surface area contributed by atoms with Crippen LogP contribution in [0.5, 0.6) is 5.75 Å². The molecule has 4 nitrogen and oxygen atoms in total. The van der Waals surface area contributed by atoms with Crippen LogP contribution in [0.3, 0.4) is 0 Å². The highest BCUT2D eigenvalue weighted by Crippen LogP contribution is 2.35. The number of anilines is 1. The van der Waals surface area contributed by atoms with Gasteiger partial charge in [-0.05, 0) is 60.5 Å². The number of amides is 2. The molecular weight excluding hydrogens is 430 g/mol. The maximum absolute atomic E-state index is 13.5. The molecular formula is C24H18BrNO3. The van der Waals surface area contributed by atoms with Crippen LogP contribution in [0.4, 0.5) is 5.69 Å². The van der Waals surface area contributed by atoms with Crippen LogP contribution in [-0.2, 0) is 4.79 Å². The van der Waals surface area contributed by atoms with Gasteiger partial charge in [0.05, 0.1) is 12.8 Å². The molecule has 3 aromatic carbocycles. The van der Waals surface area contributed by atoms with Gasteiger partial charge in [0.1, 0.15) is 5.75 Å². The molecule has 0 N–H and O–H groups in total. The second-order valence-corrected chi connectivity index (χ2v) is 7.69. The van der Waals surface area contributed by atoms with Gasteiger partial charge in [0.25, 0.3) is 11.8 Å². The van der Waals surface area contributed by atoms with E-state index in [0.717, 1.165) is 15.6 Å². The first kappa shape index (κ1) is 19.2. The van der Waals surface area contributed by atoms with E-state index in [1.54, 1.807) is 37.5 Å². The maximum atomic E-state index is 13.5.